The summed E-state index contributed by atoms with van der Waals surface area (Å²) < 4.78 is 5.99. The molecule has 0 bridgehead atoms. The van der Waals surface area contributed by atoms with Crippen LogP contribution < -0.4 is 0 Å². The quantitative estimate of drug-likeness (QED) is 0.393. The summed E-state index contributed by atoms with van der Waals surface area (Å²) in [6.45, 7) is 10.1. The third-order valence-electron chi connectivity index (χ3n) is 2.37. The molecule has 0 heterocycles. The number of allylic oxidation sites excluding steroid dienone is 1. The van der Waals surface area contributed by atoms with Gasteiger partial charge in [-0.3, -0.25) is 0 Å². The molecule has 0 unspecified atom stereocenters. The maximum absolute atomic E-state index is 11.9. The van der Waals surface area contributed by atoms with Gasteiger partial charge in [-0.05, 0) is 69.2 Å². The van der Waals surface area contributed by atoms with Crippen LogP contribution in [0, 0.1) is 0 Å². The number of ether oxygens (including phenoxy) is 1. The first-order valence-corrected chi connectivity index (χ1v) is 7.33. The second-order valence-electron chi connectivity index (χ2n) is 4.61. The van der Waals surface area contributed by atoms with Gasteiger partial charge in [0.15, 0.2) is 3.77 Å². The number of hydrogen-bond acceptors (Lipinski definition) is 2. The largest absolute Gasteiger partial charge is 0.416 e. The summed E-state index contributed by atoms with van der Waals surface area (Å²) in [4.78, 5) is 13.7. The summed E-state index contributed by atoms with van der Waals surface area (Å²) >= 11 is 2.07. The van der Waals surface area contributed by atoms with Gasteiger partial charge in [-0.1, -0.05) is 13.3 Å². The lowest BCUT2D eigenvalue weighted by Crippen LogP contribution is -2.42. The molecule has 0 aromatic carbocycles. The van der Waals surface area contributed by atoms with Crippen molar-refractivity contribution in [1.29, 1.82) is 0 Å². The molecule has 0 saturated carbocycles. The average Bonchev–Trinajstić information content (AvgIpc) is 2.16. The van der Waals surface area contributed by atoms with E-state index in [1.54, 1.807) is 4.90 Å². The molecule has 0 aliphatic heterocycles. The van der Waals surface area contributed by atoms with Gasteiger partial charge in [0.25, 0.3) is 0 Å². The van der Waals surface area contributed by atoms with Crippen LogP contribution in [0.3, 0.4) is 0 Å². The van der Waals surface area contributed by atoms with E-state index in [9.17, 15) is 4.79 Å². The second-order valence-corrected chi connectivity index (χ2v) is 5.68. The minimum atomic E-state index is -0.257. The van der Waals surface area contributed by atoms with Crippen molar-refractivity contribution < 1.29 is 9.53 Å². The van der Waals surface area contributed by atoms with E-state index in [1.165, 1.54) is 0 Å². The number of amides is 1. The van der Waals surface area contributed by atoms with Gasteiger partial charge < -0.3 is 9.64 Å². The van der Waals surface area contributed by atoms with Crippen molar-refractivity contribution in [3.8, 4) is 0 Å². The van der Waals surface area contributed by atoms with Crippen molar-refractivity contribution in [2.45, 2.75) is 66.0 Å². The average molecular weight is 353 g/mol. The van der Waals surface area contributed by atoms with E-state index < -0.39 is 0 Å². The van der Waals surface area contributed by atoms with E-state index in [-0.39, 0.29) is 18.2 Å². The third kappa shape index (κ3) is 6.91. The van der Waals surface area contributed by atoms with Gasteiger partial charge in [0.1, 0.15) is 0 Å². The van der Waals surface area contributed by atoms with Crippen LogP contribution in [0.1, 0.15) is 53.9 Å². The van der Waals surface area contributed by atoms with Gasteiger partial charge in [0, 0.05) is 12.1 Å². The highest BCUT2D eigenvalue weighted by molar-refractivity contribution is 14.1. The molecule has 17 heavy (non-hydrogen) atoms. The summed E-state index contributed by atoms with van der Waals surface area (Å²) in [5, 5.41) is 0. The Morgan fingerprint density at radius 1 is 1.29 bits per heavy atom. The monoisotopic (exact) mass is 353 g/mol. The van der Waals surface area contributed by atoms with E-state index in [0.717, 1.165) is 19.3 Å². The third-order valence-corrected chi connectivity index (χ3v) is 3.03. The van der Waals surface area contributed by atoms with Crippen LogP contribution >= 0.6 is 22.6 Å². The number of halogens is 1. The van der Waals surface area contributed by atoms with Gasteiger partial charge in [-0.2, -0.15) is 0 Å². The van der Waals surface area contributed by atoms with Gasteiger partial charge in [-0.15, -0.1) is 0 Å². The van der Waals surface area contributed by atoms with Crippen LogP contribution in [-0.2, 0) is 4.74 Å². The highest BCUT2D eigenvalue weighted by Crippen LogP contribution is 2.15. The maximum atomic E-state index is 11.9. The van der Waals surface area contributed by atoms with Gasteiger partial charge in [0.2, 0.25) is 0 Å². The zero-order valence-corrected chi connectivity index (χ0v) is 13.7. The summed E-state index contributed by atoms with van der Waals surface area (Å²) in [6.07, 6.45) is 4.96. The minimum Gasteiger partial charge on any atom is -0.404 e. The predicted molar refractivity (Wildman–Crippen MR) is 80.2 cm³/mol. The van der Waals surface area contributed by atoms with Crippen molar-refractivity contribution in [3.05, 3.63) is 9.84 Å². The molecule has 0 atom stereocenters. The lowest BCUT2D eigenvalue weighted by atomic mass is 10.2. The standard InChI is InChI=1S/C13H24INO2/c1-6-7-8-9-12(14)17-13(16)15(10(2)3)11(4)5/h9-11H,6-8H2,1-5H3/b12-9+. The van der Waals surface area contributed by atoms with E-state index in [0.29, 0.717) is 3.77 Å². The van der Waals surface area contributed by atoms with E-state index >= 15 is 0 Å². The molecule has 0 aliphatic rings. The van der Waals surface area contributed by atoms with Crippen LogP contribution in [-0.4, -0.2) is 23.1 Å². The highest BCUT2D eigenvalue weighted by Gasteiger charge is 2.22. The normalized spacial score (nSPS) is 12.1. The van der Waals surface area contributed by atoms with Crippen molar-refractivity contribution in [1.82, 2.24) is 4.90 Å². The fourth-order valence-electron chi connectivity index (χ4n) is 1.62. The Balaban J connectivity index is 4.35. The number of hydrogen-bond donors (Lipinski definition) is 0. The molecule has 0 saturated heterocycles. The number of unbranched alkanes of at least 4 members (excludes halogenated alkanes) is 2. The Bertz CT molecular complexity index is 254. The molecule has 0 radical (unpaired) electrons. The maximum Gasteiger partial charge on any atom is 0.416 e. The summed E-state index contributed by atoms with van der Waals surface area (Å²) in [7, 11) is 0. The van der Waals surface area contributed by atoms with Crippen LogP contribution in [0.4, 0.5) is 4.79 Å². The fourth-order valence-corrected chi connectivity index (χ4v) is 2.12. The molecule has 0 N–H and O–H groups in total. The smallest absolute Gasteiger partial charge is 0.404 e. The topological polar surface area (TPSA) is 29.5 Å². The lowest BCUT2D eigenvalue weighted by molar-refractivity contribution is 0.108. The van der Waals surface area contributed by atoms with Gasteiger partial charge >= 0.3 is 6.09 Å². The lowest BCUT2D eigenvalue weighted by Gasteiger charge is -2.29. The van der Waals surface area contributed by atoms with Crippen LogP contribution in [0.2, 0.25) is 0 Å². The molecule has 0 spiro atoms. The van der Waals surface area contributed by atoms with Crippen molar-refractivity contribution >= 4 is 28.7 Å². The Hall–Kier alpha value is -0.260. The predicted octanol–water partition coefficient (Wildman–Crippen LogP) is 4.71. The first-order valence-electron chi connectivity index (χ1n) is 6.25. The number of rotatable bonds is 6. The molecule has 0 rings (SSSR count). The van der Waals surface area contributed by atoms with Gasteiger partial charge in [0.05, 0.1) is 0 Å². The first-order chi connectivity index (χ1) is 7.90. The molecule has 100 valence electrons. The molecule has 0 aliphatic carbocycles. The molecule has 1 amide bonds. The van der Waals surface area contributed by atoms with Crippen LogP contribution in [0.15, 0.2) is 9.84 Å². The number of carbonyl (C=O) groups is 1. The zero-order chi connectivity index (χ0) is 13.4. The van der Waals surface area contributed by atoms with E-state index in [4.69, 9.17) is 4.74 Å². The SMILES string of the molecule is CCCC/C=C(\I)OC(=O)N(C(C)C)C(C)C. The Morgan fingerprint density at radius 2 is 1.82 bits per heavy atom. The molecule has 0 aromatic rings. The van der Waals surface area contributed by atoms with E-state index in [2.05, 4.69) is 29.5 Å². The Labute approximate surface area is 119 Å². The Morgan fingerprint density at radius 3 is 2.24 bits per heavy atom. The first kappa shape index (κ1) is 16.7. The van der Waals surface area contributed by atoms with Crippen molar-refractivity contribution in [3.63, 3.8) is 0 Å². The van der Waals surface area contributed by atoms with Crippen molar-refractivity contribution in [2.24, 2.45) is 0 Å². The summed E-state index contributed by atoms with van der Waals surface area (Å²) in [5.41, 5.74) is 0. The summed E-state index contributed by atoms with van der Waals surface area (Å²) in [5.74, 6) is 0. The Kier molecular flexibility index (Phi) is 8.64. The fraction of sp³-hybridized carbons (Fsp3) is 0.769. The van der Waals surface area contributed by atoms with Crippen LogP contribution in [0.5, 0.6) is 0 Å². The van der Waals surface area contributed by atoms with Gasteiger partial charge in [-0.25, -0.2) is 4.79 Å². The second kappa shape index (κ2) is 8.78. The molecular weight excluding hydrogens is 329 g/mol. The number of carbonyl (C=O) groups excluding carboxylic acids is 1. The zero-order valence-electron chi connectivity index (χ0n) is 11.5. The molecule has 0 fully saturated rings. The van der Waals surface area contributed by atoms with Crippen molar-refractivity contribution in [2.75, 3.05) is 0 Å². The molecule has 4 heteroatoms. The van der Waals surface area contributed by atoms with Crippen LogP contribution in [0.25, 0.3) is 0 Å². The van der Waals surface area contributed by atoms with E-state index in [1.807, 2.05) is 33.8 Å². The minimum absolute atomic E-state index is 0.155. The molecule has 3 nitrogen and oxygen atoms in total. The number of nitrogens with zero attached hydrogens (tertiary/aromatic N) is 1. The highest BCUT2D eigenvalue weighted by atomic mass is 127. The molecule has 0 aromatic heterocycles. The molecular formula is C13H24INO2. The summed E-state index contributed by atoms with van der Waals surface area (Å²) in [6, 6.07) is 0.310.